The molecular formula is C27H30BrNO5. The molecule has 1 aromatic heterocycles. The highest BCUT2D eigenvalue weighted by Crippen LogP contribution is 2.32. The number of nitrogens with zero attached hydrogens (tertiary/aromatic N) is 1. The predicted octanol–water partition coefficient (Wildman–Crippen LogP) is 6.25. The third-order valence-corrected chi connectivity index (χ3v) is 6.03. The number of esters is 2. The summed E-state index contributed by atoms with van der Waals surface area (Å²) in [6.07, 6.45) is 3.03. The van der Waals surface area contributed by atoms with E-state index >= 15 is 0 Å². The van der Waals surface area contributed by atoms with Crippen LogP contribution >= 0.6 is 15.9 Å². The Labute approximate surface area is 208 Å². The number of hydrogen-bond acceptors (Lipinski definition) is 5. The first-order valence-corrected chi connectivity index (χ1v) is 12.5. The van der Waals surface area contributed by atoms with Gasteiger partial charge in [0, 0.05) is 21.1 Å². The van der Waals surface area contributed by atoms with Crippen LogP contribution in [0.4, 0.5) is 0 Å². The van der Waals surface area contributed by atoms with Gasteiger partial charge in [-0.3, -0.25) is 19.0 Å². The number of unbranched alkanes of at least 4 members (excludes halogenated alkanes) is 2. The molecule has 0 aliphatic heterocycles. The first kappa shape index (κ1) is 25.7. The molecule has 34 heavy (non-hydrogen) atoms. The first-order valence-electron chi connectivity index (χ1n) is 11.7. The van der Waals surface area contributed by atoms with E-state index in [1.807, 2.05) is 38.1 Å². The van der Waals surface area contributed by atoms with Gasteiger partial charge in [0.2, 0.25) is 0 Å². The van der Waals surface area contributed by atoms with E-state index in [2.05, 4.69) is 15.9 Å². The molecule has 6 nitrogen and oxygen atoms in total. The minimum Gasteiger partial charge on any atom is -0.466 e. The second-order valence-electron chi connectivity index (χ2n) is 8.13. The van der Waals surface area contributed by atoms with Crippen LogP contribution in [-0.2, 0) is 19.1 Å². The molecule has 3 rings (SSSR count). The lowest BCUT2D eigenvalue weighted by atomic mass is 10.0. The highest BCUT2D eigenvalue weighted by molar-refractivity contribution is 9.10. The first-order chi connectivity index (χ1) is 16.5. The fourth-order valence-electron chi connectivity index (χ4n) is 3.67. The molecule has 7 heteroatoms. The number of hydrogen-bond donors (Lipinski definition) is 0. The van der Waals surface area contributed by atoms with E-state index in [0.717, 1.165) is 35.5 Å². The third kappa shape index (κ3) is 6.35. The number of carbonyl (C=O) groups excluding carboxylic acids is 3. The fraction of sp³-hybridized carbons (Fsp3) is 0.370. The maximum Gasteiger partial charge on any atom is 0.315 e. The van der Waals surface area contributed by atoms with Crippen molar-refractivity contribution < 1.29 is 23.9 Å². The minimum absolute atomic E-state index is 0.200. The fourth-order valence-corrected chi connectivity index (χ4v) is 4.02. The zero-order chi connectivity index (χ0) is 24.5. The Morgan fingerprint density at radius 1 is 0.912 bits per heavy atom. The van der Waals surface area contributed by atoms with E-state index in [0.29, 0.717) is 23.4 Å². The lowest BCUT2D eigenvalue weighted by Crippen LogP contribution is -2.26. The smallest absolute Gasteiger partial charge is 0.315 e. The summed E-state index contributed by atoms with van der Waals surface area (Å²) in [6.45, 7) is 4.57. The maximum atomic E-state index is 13.6. The topological polar surface area (TPSA) is 74.6 Å². The SMILES string of the molecule is CCCCOC(=O)CC(C(=O)OCCCC)c1cc2ccc(Br)cc2n1C(=O)c1ccccc1. The van der Waals surface area contributed by atoms with E-state index in [9.17, 15) is 14.4 Å². The molecule has 0 N–H and O–H groups in total. The molecule has 0 bridgehead atoms. The van der Waals surface area contributed by atoms with Gasteiger partial charge in [0.1, 0.15) is 5.92 Å². The Morgan fingerprint density at radius 3 is 2.26 bits per heavy atom. The molecule has 2 aromatic carbocycles. The molecule has 0 saturated heterocycles. The zero-order valence-corrected chi connectivity index (χ0v) is 21.2. The van der Waals surface area contributed by atoms with E-state index in [1.54, 1.807) is 30.3 Å². The van der Waals surface area contributed by atoms with E-state index in [-0.39, 0.29) is 18.9 Å². The number of benzene rings is 2. The van der Waals surface area contributed by atoms with E-state index < -0.39 is 17.9 Å². The standard InChI is InChI=1S/C27H30BrNO5/c1-3-5-14-33-25(30)18-22(27(32)34-15-6-4-2)24-16-20-12-13-21(28)17-23(20)29(24)26(31)19-10-8-7-9-11-19/h7-13,16-17,22H,3-6,14-15,18H2,1-2H3. The van der Waals surface area contributed by atoms with Crippen LogP contribution in [0, 0.1) is 0 Å². The Kier molecular flexibility index (Phi) is 9.45. The molecular weight excluding hydrogens is 498 g/mol. The predicted molar refractivity (Wildman–Crippen MR) is 135 cm³/mol. The molecule has 0 aliphatic carbocycles. The Morgan fingerprint density at radius 2 is 1.59 bits per heavy atom. The van der Waals surface area contributed by atoms with Crippen molar-refractivity contribution in [3.8, 4) is 0 Å². The van der Waals surface area contributed by atoms with Crippen LogP contribution < -0.4 is 0 Å². The molecule has 180 valence electrons. The number of ether oxygens (including phenoxy) is 2. The van der Waals surface area contributed by atoms with Gasteiger partial charge in [0.25, 0.3) is 5.91 Å². The highest BCUT2D eigenvalue weighted by atomic mass is 79.9. The average Bonchev–Trinajstić information content (AvgIpc) is 3.21. The summed E-state index contributed by atoms with van der Waals surface area (Å²) < 4.78 is 13.2. The Balaban J connectivity index is 2.07. The summed E-state index contributed by atoms with van der Waals surface area (Å²) in [6, 6.07) is 16.2. The highest BCUT2D eigenvalue weighted by Gasteiger charge is 2.32. The van der Waals surface area contributed by atoms with Crippen LogP contribution in [0.15, 0.2) is 59.1 Å². The van der Waals surface area contributed by atoms with Gasteiger partial charge in [0.05, 0.1) is 25.2 Å². The number of fused-ring (bicyclic) bond motifs is 1. The normalized spacial score (nSPS) is 11.9. The van der Waals surface area contributed by atoms with Crippen molar-refractivity contribution in [2.24, 2.45) is 0 Å². The van der Waals surface area contributed by atoms with Crippen molar-refractivity contribution in [2.75, 3.05) is 13.2 Å². The van der Waals surface area contributed by atoms with Crippen molar-refractivity contribution in [3.05, 3.63) is 70.3 Å². The van der Waals surface area contributed by atoms with Gasteiger partial charge in [-0.05, 0) is 43.2 Å². The van der Waals surface area contributed by atoms with E-state index in [4.69, 9.17) is 9.47 Å². The molecule has 0 spiro atoms. The molecule has 3 aromatic rings. The van der Waals surface area contributed by atoms with Crippen LogP contribution in [0.5, 0.6) is 0 Å². The molecule has 1 unspecified atom stereocenters. The van der Waals surface area contributed by atoms with Crippen molar-refractivity contribution in [1.29, 1.82) is 0 Å². The van der Waals surface area contributed by atoms with Gasteiger partial charge in [-0.15, -0.1) is 0 Å². The summed E-state index contributed by atoms with van der Waals surface area (Å²) in [7, 11) is 0. The van der Waals surface area contributed by atoms with Gasteiger partial charge in [-0.25, -0.2) is 0 Å². The second-order valence-corrected chi connectivity index (χ2v) is 9.05. The van der Waals surface area contributed by atoms with Crippen LogP contribution in [0.3, 0.4) is 0 Å². The van der Waals surface area contributed by atoms with Crippen LogP contribution in [0.25, 0.3) is 10.9 Å². The summed E-state index contributed by atoms with van der Waals surface area (Å²) in [4.78, 5) is 39.4. The minimum atomic E-state index is -0.968. The summed E-state index contributed by atoms with van der Waals surface area (Å²) in [5.41, 5.74) is 1.53. The summed E-state index contributed by atoms with van der Waals surface area (Å²) in [5.74, 6) is -2.28. The zero-order valence-electron chi connectivity index (χ0n) is 19.6. The van der Waals surface area contributed by atoms with Gasteiger partial charge >= 0.3 is 11.9 Å². The van der Waals surface area contributed by atoms with Crippen molar-refractivity contribution in [1.82, 2.24) is 4.57 Å². The monoisotopic (exact) mass is 527 g/mol. The lowest BCUT2D eigenvalue weighted by Gasteiger charge is -2.18. The van der Waals surface area contributed by atoms with Crippen LogP contribution in [0.2, 0.25) is 0 Å². The Bertz CT molecular complexity index is 1140. The number of carbonyl (C=O) groups is 3. The maximum absolute atomic E-state index is 13.6. The van der Waals surface area contributed by atoms with E-state index in [1.165, 1.54) is 4.57 Å². The average molecular weight is 528 g/mol. The molecule has 0 fully saturated rings. The molecule has 1 atom stereocenters. The summed E-state index contributed by atoms with van der Waals surface area (Å²) >= 11 is 3.47. The molecule has 0 saturated carbocycles. The molecule has 0 amide bonds. The van der Waals surface area contributed by atoms with Gasteiger partial charge < -0.3 is 9.47 Å². The second kappa shape index (κ2) is 12.5. The molecule has 0 aliphatic rings. The van der Waals surface area contributed by atoms with Crippen molar-refractivity contribution >= 4 is 44.7 Å². The van der Waals surface area contributed by atoms with Crippen LogP contribution in [-0.4, -0.2) is 35.6 Å². The Hall–Kier alpha value is -2.93. The van der Waals surface area contributed by atoms with Crippen molar-refractivity contribution in [3.63, 3.8) is 0 Å². The number of halogens is 1. The molecule has 1 heterocycles. The quantitative estimate of drug-likeness (QED) is 0.217. The summed E-state index contributed by atoms with van der Waals surface area (Å²) in [5, 5.41) is 0.785. The lowest BCUT2D eigenvalue weighted by molar-refractivity contribution is -0.152. The van der Waals surface area contributed by atoms with Gasteiger partial charge in [-0.1, -0.05) is 66.9 Å². The van der Waals surface area contributed by atoms with Gasteiger partial charge in [-0.2, -0.15) is 0 Å². The molecule has 0 radical (unpaired) electrons. The number of rotatable bonds is 11. The number of aromatic nitrogens is 1. The largest absolute Gasteiger partial charge is 0.466 e. The van der Waals surface area contributed by atoms with Crippen LogP contribution in [0.1, 0.15) is 67.9 Å². The van der Waals surface area contributed by atoms with Gasteiger partial charge in [0.15, 0.2) is 0 Å². The third-order valence-electron chi connectivity index (χ3n) is 5.53. The van der Waals surface area contributed by atoms with Crippen molar-refractivity contribution in [2.45, 2.75) is 51.9 Å².